The Morgan fingerprint density at radius 2 is 2.21 bits per heavy atom. The maximum atomic E-state index is 8.99. The van der Waals surface area contributed by atoms with Crippen LogP contribution in [0.5, 0.6) is 0 Å². The van der Waals surface area contributed by atoms with Crippen LogP contribution >= 0.6 is 11.8 Å². The maximum Gasteiger partial charge on any atom is 0.0667 e. The van der Waals surface area contributed by atoms with Gasteiger partial charge in [0.15, 0.2) is 0 Å². The Bertz CT molecular complexity index is 202. The van der Waals surface area contributed by atoms with Crippen molar-refractivity contribution in [3.8, 4) is 6.07 Å². The molecule has 0 bridgehead atoms. The molecule has 0 spiro atoms. The van der Waals surface area contributed by atoms with Gasteiger partial charge in [-0.2, -0.15) is 17.0 Å². The summed E-state index contributed by atoms with van der Waals surface area (Å²) >= 11 is 1.90. The summed E-state index contributed by atoms with van der Waals surface area (Å²) in [5.41, 5.74) is 0. The fourth-order valence-corrected chi connectivity index (χ4v) is 3.48. The molecule has 2 nitrogen and oxygen atoms in total. The van der Waals surface area contributed by atoms with E-state index in [9.17, 15) is 0 Å². The third-order valence-corrected chi connectivity index (χ3v) is 4.43. The van der Waals surface area contributed by atoms with E-state index in [1.54, 1.807) is 0 Å². The molecule has 0 heterocycles. The van der Waals surface area contributed by atoms with Gasteiger partial charge in [-0.05, 0) is 19.3 Å². The van der Waals surface area contributed by atoms with Gasteiger partial charge >= 0.3 is 0 Å². The molecular weight excluding hydrogens is 194 g/mol. The van der Waals surface area contributed by atoms with Gasteiger partial charge in [-0.1, -0.05) is 19.8 Å². The molecule has 0 aliphatic heterocycles. The Morgan fingerprint density at radius 3 is 2.86 bits per heavy atom. The number of rotatable bonds is 4. The molecule has 0 aromatic rings. The molecule has 1 fully saturated rings. The Morgan fingerprint density at radius 1 is 1.50 bits per heavy atom. The third kappa shape index (κ3) is 3.51. The standard InChI is InChI=1S/C11H19NOS/c1-9(6-7-13)14-11-5-3-2-4-10(11)8-12/h9-11,13H,2-7H2,1H3. The lowest BCUT2D eigenvalue weighted by atomic mass is 9.90. The van der Waals surface area contributed by atoms with Crippen LogP contribution in [-0.4, -0.2) is 22.2 Å². The van der Waals surface area contributed by atoms with E-state index in [1.807, 2.05) is 11.8 Å². The van der Waals surface area contributed by atoms with Crippen molar-refractivity contribution < 1.29 is 5.11 Å². The Balaban J connectivity index is 2.37. The minimum Gasteiger partial charge on any atom is -0.396 e. The number of nitrogens with zero attached hydrogens (tertiary/aromatic N) is 1. The van der Waals surface area contributed by atoms with Crippen LogP contribution in [0.3, 0.4) is 0 Å². The molecule has 0 amide bonds. The molecule has 3 unspecified atom stereocenters. The summed E-state index contributed by atoms with van der Waals surface area (Å²) in [4.78, 5) is 0. The molecule has 14 heavy (non-hydrogen) atoms. The molecule has 1 aliphatic rings. The molecule has 0 aromatic heterocycles. The molecule has 3 atom stereocenters. The summed E-state index contributed by atoms with van der Waals surface area (Å²) in [6.07, 6.45) is 5.57. The van der Waals surface area contributed by atoms with Crippen molar-refractivity contribution >= 4 is 11.8 Å². The van der Waals surface area contributed by atoms with Crippen molar-refractivity contribution in [1.29, 1.82) is 5.26 Å². The lowest BCUT2D eigenvalue weighted by Gasteiger charge is -2.28. The van der Waals surface area contributed by atoms with Crippen molar-refractivity contribution in [2.45, 2.75) is 49.5 Å². The number of aliphatic hydroxyl groups is 1. The highest BCUT2D eigenvalue weighted by Gasteiger charge is 2.26. The predicted molar refractivity (Wildman–Crippen MR) is 60.1 cm³/mol. The fraction of sp³-hybridized carbons (Fsp3) is 0.909. The second-order valence-electron chi connectivity index (χ2n) is 4.02. The zero-order valence-electron chi connectivity index (χ0n) is 8.78. The van der Waals surface area contributed by atoms with E-state index in [4.69, 9.17) is 10.4 Å². The summed E-state index contributed by atoms with van der Waals surface area (Å²) in [7, 11) is 0. The molecule has 80 valence electrons. The van der Waals surface area contributed by atoms with E-state index in [1.165, 1.54) is 19.3 Å². The quantitative estimate of drug-likeness (QED) is 0.780. The van der Waals surface area contributed by atoms with Crippen molar-refractivity contribution in [2.75, 3.05) is 6.61 Å². The first-order valence-electron chi connectivity index (χ1n) is 5.44. The Hall–Kier alpha value is -0.200. The normalized spacial score (nSPS) is 29.5. The summed E-state index contributed by atoms with van der Waals surface area (Å²) in [6, 6.07) is 2.42. The van der Waals surface area contributed by atoms with E-state index in [0.29, 0.717) is 10.5 Å². The number of hydrogen-bond donors (Lipinski definition) is 1. The highest BCUT2D eigenvalue weighted by atomic mass is 32.2. The second kappa shape index (κ2) is 6.31. The second-order valence-corrected chi connectivity index (χ2v) is 5.70. The van der Waals surface area contributed by atoms with Crippen LogP contribution in [0.25, 0.3) is 0 Å². The van der Waals surface area contributed by atoms with Crippen LogP contribution < -0.4 is 0 Å². The number of nitriles is 1. The van der Waals surface area contributed by atoms with Gasteiger partial charge in [-0.25, -0.2) is 0 Å². The van der Waals surface area contributed by atoms with Crippen LogP contribution in [0, 0.1) is 17.2 Å². The topological polar surface area (TPSA) is 44.0 Å². The highest BCUT2D eigenvalue weighted by molar-refractivity contribution is 8.00. The molecule has 0 saturated heterocycles. The van der Waals surface area contributed by atoms with Crippen molar-refractivity contribution in [1.82, 2.24) is 0 Å². The summed E-state index contributed by atoms with van der Waals surface area (Å²) in [6.45, 7) is 2.40. The van der Waals surface area contributed by atoms with Gasteiger partial charge in [0.25, 0.3) is 0 Å². The summed E-state index contributed by atoms with van der Waals surface area (Å²) < 4.78 is 0. The lowest BCUT2D eigenvalue weighted by Crippen LogP contribution is -2.22. The Kier molecular flexibility index (Phi) is 5.36. The lowest BCUT2D eigenvalue weighted by molar-refractivity contribution is 0.288. The van der Waals surface area contributed by atoms with Crippen LogP contribution in [-0.2, 0) is 0 Å². The minimum absolute atomic E-state index is 0.245. The first-order valence-corrected chi connectivity index (χ1v) is 6.38. The van der Waals surface area contributed by atoms with E-state index >= 15 is 0 Å². The molecule has 0 aromatic carbocycles. The first kappa shape index (κ1) is 11.9. The van der Waals surface area contributed by atoms with E-state index in [2.05, 4.69) is 13.0 Å². The van der Waals surface area contributed by atoms with Gasteiger partial charge in [0.1, 0.15) is 0 Å². The van der Waals surface area contributed by atoms with Gasteiger partial charge in [0.2, 0.25) is 0 Å². The van der Waals surface area contributed by atoms with Crippen LogP contribution in [0.15, 0.2) is 0 Å². The number of hydrogen-bond acceptors (Lipinski definition) is 3. The smallest absolute Gasteiger partial charge is 0.0667 e. The largest absolute Gasteiger partial charge is 0.396 e. The molecular formula is C11H19NOS. The SMILES string of the molecule is CC(CCO)SC1CCCCC1C#N. The van der Waals surface area contributed by atoms with Crippen molar-refractivity contribution in [2.24, 2.45) is 5.92 Å². The van der Waals surface area contributed by atoms with Crippen molar-refractivity contribution in [3.05, 3.63) is 0 Å². The zero-order chi connectivity index (χ0) is 10.4. The maximum absolute atomic E-state index is 8.99. The van der Waals surface area contributed by atoms with Gasteiger partial charge in [0, 0.05) is 17.1 Å². The highest BCUT2D eigenvalue weighted by Crippen LogP contribution is 2.35. The summed E-state index contributed by atoms with van der Waals surface area (Å²) in [5.74, 6) is 0.245. The predicted octanol–water partition coefficient (Wildman–Crippen LogP) is 2.57. The molecule has 1 saturated carbocycles. The van der Waals surface area contributed by atoms with E-state index in [-0.39, 0.29) is 12.5 Å². The average Bonchev–Trinajstić information content (AvgIpc) is 2.19. The fourth-order valence-electron chi connectivity index (χ4n) is 1.96. The number of aliphatic hydroxyl groups excluding tert-OH is 1. The van der Waals surface area contributed by atoms with Gasteiger partial charge < -0.3 is 5.11 Å². The molecule has 0 radical (unpaired) electrons. The van der Waals surface area contributed by atoms with Gasteiger partial charge in [-0.3, -0.25) is 0 Å². The Labute approximate surface area is 90.7 Å². The van der Waals surface area contributed by atoms with Crippen molar-refractivity contribution in [3.63, 3.8) is 0 Å². The molecule has 3 heteroatoms. The minimum atomic E-state index is 0.245. The van der Waals surface area contributed by atoms with Gasteiger partial charge in [-0.15, -0.1) is 0 Å². The zero-order valence-corrected chi connectivity index (χ0v) is 9.59. The molecule has 1 rings (SSSR count). The first-order chi connectivity index (χ1) is 6.77. The molecule has 1 N–H and O–H groups in total. The molecule has 1 aliphatic carbocycles. The average molecular weight is 213 g/mol. The number of thioether (sulfide) groups is 1. The van der Waals surface area contributed by atoms with E-state index in [0.717, 1.165) is 12.8 Å². The monoisotopic (exact) mass is 213 g/mol. The van der Waals surface area contributed by atoms with Crippen LogP contribution in [0.4, 0.5) is 0 Å². The van der Waals surface area contributed by atoms with E-state index < -0.39 is 0 Å². The van der Waals surface area contributed by atoms with Crippen LogP contribution in [0.2, 0.25) is 0 Å². The van der Waals surface area contributed by atoms with Crippen LogP contribution in [0.1, 0.15) is 39.0 Å². The third-order valence-electron chi connectivity index (χ3n) is 2.81. The van der Waals surface area contributed by atoms with Gasteiger partial charge in [0.05, 0.1) is 12.0 Å². The summed E-state index contributed by atoms with van der Waals surface area (Å²) in [5, 5.41) is 18.8.